The average molecular weight is 151 g/mol. The van der Waals surface area contributed by atoms with Crippen molar-refractivity contribution >= 4 is 5.57 Å². The minimum absolute atomic E-state index is 0.912. The van der Waals surface area contributed by atoms with Crippen LogP contribution in [0.3, 0.4) is 0 Å². The standard InChI is InChI=1S/C7H7NO.C2H6/c1-5-2-3-6-7(5)9-4-8-6;1-2/h4H,1-3H2;1-2H3. The predicted molar refractivity (Wildman–Crippen MR) is 45.2 cm³/mol. The van der Waals surface area contributed by atoms with Crippen molar-refractivity contribution in [1.82, 2.24) is 4.98 Å². The number of rotatable bonds is 0. The van der Waals surface area contributed by atoms with Gasteiger partial charge in [0.2, 0.25) is 0 Å². The molecule has 1 aromatic rings. The van der Waals surface area contributed by atoms with Crippen molar-refractivity contribution in [2.75, 3.05) is 0 Å². The molecule has 60 valence electrons. The van der Waals surface area contributed by atoms with Crippen molar-refractivity contribution in [3.8, 4) is 0 Å². The van der Waals surface area contributed by atoms with E-state index in [4.69, 9.17) is 4.42 Å². The van der Waals surface area contributed by atoms with E-state index in [1.165, 1.54) is 6.39 Å². The SMILES string of the molecule is C=C1CCc2ncoc21.CC. The maximum absolute atomic E-state index is 5.08. The van der Waals surface area contributed by atoms with Gasteiger partial charge in [0, 0.05) is 0 Å². The molecule has 0 fully saturated rings. The van der Waals surface area contributed by atoms with Gasteiger partial charge in [-0.05, 0) is 18.4 Å². The Morgan fingerprint density at radius 3 is 2.82 bits per heavy atom. The number of aromatic nitrogens is 1. The van der Waals surface area contributed by atoms with Crippen LogP contribution >= 0.6 is 0 Å². The lowest BCUT2D eigenvalue weighted by atomic mass is 10.3. The molecule has 0 radical (unpaired) electrons. The van der Waals surface area contributed by atoms with Crippen LogP contribution in [0, 0.1) is 0 Å². The minimum atomic E-state index is 0.912. The van der Waals surface area contributed by atoms with Crippen molar-refractivity contribution in [2.24, 2.45) is 0 Å². The molecule has 2 rings (SSSR count). The Balaban J connectivity index is 0.000000281. The maximum atomic E-state index is 5.08. The second-order valence-corrected chi connectivity index (χ2v) is 2.23. The molecule has 0 N–H and O–H groups in total. The zero-order valence-corrected chi connectivity index (χ0v) is 7.05. The number of allylic oxidation sites excluding steroid dienone is 1. The summed E-state index contributed by atoms with van der Waals surface area (Å²) in [5.74, 6) is 0.912. The molecule has 2 nitrogen and oxygen atoms in total. The summed E-state index contributed by atoms with van der Waals surface area (Å²) in [5, 5.41) is 0. The zero-order valence-electron chi connectivity index (χ0n) is 7.05. The normalized spacial score (nSPS) is 13.8. The first-order valence-electron chi connectivity index (χ1n) is 3.98. The second-order valence-electron chi connectivity index (χ2n) is 2.23. The zero-order chi connectivity index (χ0) is 8.27. The molecule has 0 bridgehead atoms. The molecule has 1 aliphatic carbocycles. The smallest absolute Gasteiger partial charge is 0.181 e. The summed E-state index contributed by atoms with van der Waals surface area (Å²) in [7, 11) is 0. The minimum Gasteiger partial charge on any atom is -0.444 e. The number of hydrogen-bond donors (Lipinski definition) is 0. The van der Waals surface area contributed by atoms with E-state index in [1.54, 1.807) is 0 Å². The van der Waals surface area contributed by atoms with E-state index in [9.17, 15) is 0 Å². The quantitative estimate of drug-likeness (QED) is 0.569. The van der Waals surface area contributed by atoms with Gasteiger partial charge in [-0.25, -0.2) is 4.98 Å². The van der Waals surface area contributed by atoms with E-state index in [1.807, 2.05) is 13.8 Å². The molecule has 11 heavy (non-hydrogen) atoms. The lowest BCUT2D eigenvalue weighted by Crippen LogP contribution is -1.73. The lowest BCUT2D eigenvalue weighted by Gasteiger charge is -1.84. The van der Waals surface area contributed by atoms with Gasteiger partial charge in [0.1, 0.15) is 0 Å². The molecule has 1 aliphatic rings. The highest BCUT2D eigenvalue weighted by atomic mass is 16.3. The highest BCUT2D eigenvalue weighted by molar-refractivity contribution is 5.64. The molecule has 0 amide bonds. The van der Waals surface area contributed by atoms with E-state index in [2.05, 4.69) is 11.6 Å². The molecule has 1 heterocycles. The lowest BCUT2D eigenvalue weighted by molar-refractivity contribution is 0.545. The van der Waals surface area contributed by atoms with Gasteiger partial charge in [-0.1, -0.05) is 20.4 Å². The van der Waals surface area contributed by atoms with Gasteiger partial charge in [-0.15, -0.1) is 0 Å². The Labute approximate surface area is 66.9 Å². The Hall–Kier alpha value is -1.05. The summed E-state index contributed by atoms with van der Waals surface area (Å²) in [5.41, 5.74) is 2.16. The summed E-state index contributed by atoms with van der Waals surface area (Å²) in [4.78, 5) is 4.02. The van der Waals surface area contributed by atoms with Gasteiger partial charge >= 0.3 is 0 Å². The van der Waals surface area contributed by atoms with E-state index in [0.717, 1.165) is 29.9 Å². The maximum Gasteiger partial charge on any atom is 0.181 e. The van der Waals surface area contributed by atoms with E-state index >= 15 is 0 Å². The van der Waals surface area contributed by atoms with Crippen molar-refractivity contribution in [1.29, 1.82) is 0 Å². The van der Waals surface area contributed by atoms with Crippen molar-refractivity contribution in [3.63, 3.8) is 0 Å². The van der Waals surface area contributed by atoms with Crippen molar-refractivity contribution < 1.29 is 4.42 Å². The third-order valence-electron chi connectivity index (χ3n) is 1.63. The average Bonchev–Trinajstić information content (AvgIpc) is 2.60. The van der Waals surface area contributed by atoms with Gasteiger partial charge in [0.05, 0.1) is 5.69 Å². The summed E-state index contributed by atoms with van der Waals surface area (Å²) >= 11 is 0. The number of nitrogens with zero attached hydrogens (tertiary/aromatic N) is 1. The van der Waals surface area contributed by atoms with E-state index in [0.29, 0.717) is 0 Å². The molecule has 0 atom stereocenters. The fourth-order valence-corrected chi connectivity index (χ4v) is 1.12. The van der Waals surface area contributed by atoms with Gasteiger partial charge in [0.15, 0.2) is 12.2 Å². The number of oxazole rings is 1. The molecular formula is C9H13NO. The van der Waals surface area contributed by atoms with Crippen LogP contribution in [0.15, 0.2) is 17.4 Å². The van der Waals surface area contributed by atoms with Gasteiger partial charge in [-0.3, -0.25) is 0 Å². The largest absolute Gasteiger partial charge is 0.444 e. The van der Waals surface area contributed by atoms with Crippen LogP contribution < -0.4 is 0 Å². The van der Waals surface area contributed by atoms with Crippen LogP contribution in [0.25, 0.3) is 5.57 Å². The highest BCUT2D eigenvalue weighted by Crippen LogP contribution is 2.28. The Kier molecular flexibility index (Phi) is 2.47. The molecular weight excluding hydrogens is 138 g/mol. The van der Waals surface area contributed by atoms with Gasteiger partial charge < -0.3 is 4.42 Å². The van der Waals surface area contributed by atoms with Crippen LogP contribution in [0.4, 0.5) is 0 Å². The second kappa shape index (κ2) is 3.37. The fraction of sp³-hybridized carbons (Fsp3) is 0.444. The van der Waals surface area contributed by atoms with Gasteiger partial charge in [-0.2, -0.15) is 0 Å². The van der Waals surface area contributed by atoms with Crippen LogP contribution in [0.1, 0.15) is 31.7 Å². The van der Waals surface area contributed by atoms with Crippen LogP contribution in [-0.2, 0) is 6.42 Å². The highest BCUT2D eigenvalue weighted by Gasteiger charge is 2.18. The van der Waals surface area contributed by atoms with Crippen LogP contribution in [0.5, 0.6) is 0 Å². The Bertz CT molecular complexity index is 250. The van der Waals surface area contributed by atoms with Crippen LogP contribution in [-0.4, -0.2) is 4.98 Å². The number of aryl methyl sites for hydroxylation is 1. The molecule has 1 aromatic heterocycles. The summed E-state index contributed by atoms with van der Waals surface area (Å²) in [6.45, 7) is 7.83. The predicted octanol–water partition coefficient (Wildman–Crippen LogP) is 2.66. The number of fused-ring (bicyclic) bond motifs is 1. The molecule has 0 saturated carbocycles. The third kappa shape index (κ3) is 1.34. The number of hydrogen-bond acceptors (Lipinski definition) is 2. The summed E-state index contributed by atoms with van der Waals surface area (Å²) in [6.07, 6.45) is 3.50. The molecule has 2 heteroatoms. The molecule has 0 unspecified atom stereocenters. The van der Waals surface area contributed by atoms with E-state index < -0.39 is 0 Å². The molecule has 0 spiro atoms. The molecule has 0 aliphatic heterocycles. The Morgan fingerprint density at radius 2 is 2.18 bits per heavy atom. The fourth-order valence-electron chi connectivity index (χ4n) is 1.12. The monoisotopic (exact) mass is 151 g/mol. The molecule has 0 saturated heterocycles. The van der Waals surface area contributed by atoms with Crippen molar-refractivity contribution in [3.05, 3.63) is 24.4 Å². The summed E-state index contributed by atoms with van der Waals surface area (Å²) in [6, 6.07) is 0. The first kappa shape index (κ1) is 8.05. The van der Waals surface area contributed by atoms with Crippen LogP contribution in [0.2, 0.25) is 0 Å². The topological polar surface area (TPSA) is 26.0 Å². The summed E-state index contributed by atoms with van der Waals surface area (Å²) < 4.78 is 5.08. The third-order valence-corrected chi connectivity index (χ3v) is 1.63. The first-order chi connectivity index (χ1) is 5.38. The molecule has 0 aromatic carbocycles. The van der Waals surface area contributed by atoms with E-state index in [-0.39, 0.29) is 0 Å². The Morgan fingerprint density at radius 1 is 1.45 bits per heavy atom. The van der Waals surface area contributed by atoms with Crippen molar-refractivity contribution in [2.45, 2.75) is 26.7 Å². The first-order valence-corrected chi connectivity index (χ1v) is 3.98. The van der Waals surface area contributed by atoms with Gasteiger partial charge in [0.25, 0.3) is 0 Å².